The molecule has 0 saturated heterocycles. The van der Waals surface area contributed by atoms with Crippen molar-refractivity contribution in [1.29, 1.82) is 0 Å². The molecular weight excluding hydrogens is 451 g/mol. The van der Waals surface area contributed by atoms with Gasteiger partial charge in [0.25, 0.3) is 5.56 Å². The first-order valence-corrected chi connectivity index (χ1v) is 10.9. The van der Waals surface area contributed by atoms with Crippen LogP contribution in [0.2, 0.25) is 5.02 Å². The molecule has 0 atom stereocenters. The second-order valence-corrected chi connectivity index (χ2v) is 8.49. The van der Waals surface area contributed by atoms with Gasteiger partial charge in [-0.3, -0.25) is 4.79 Å². The van der Waals surface area contributed by atoms with Crippen LogP contribution in [0.4, 0.5) is 4.39 Å². The lowest BCUT2D eigenvalue weighted by Gasteiger charge is -2.12. The molecule has 3 aromatic carbocycles. The van der Waals surface area contributed by atoms with Crippen LogP contribution in [-0.2, 0) is 6.61 Å². The van der Waals surface area contributed by atoms with Crippen molar-refractivity contribution in [2.75, 3.05) is 7.11 Å². The minimum absolute atomic E-state index is 0.107. The predicted molar refractivity (Wildman–Crippen MR) is 124 cm³/mol. The SMILES string of the molecule is COc1cc(C=c2sc3nc4ccccc4n3c2=O)ccc1OCc1ccc(F)cc1Cl. The average Bonchev–Trinajstić information content (AvgIpc) is 3.29. The monoisotopic (exact) mass is 466 g/mol. The molecule has 32 heavy (non-hydrogen) atoms. The zero-order valence-corrected chi connectivity index (χ0v) is 18.4. The number of imidazole rings is 1. The Morgan fingerprint density at radius 2 is 1.97 bits per heavy atom. The van der Waals surface area contributed by atoms with Crippen molar-refractivity contribution >= 4 is 45.0 Å². The van der Waals surface area contributed by atoms with Gasteiger partial charge in [0.05, 0.1) is 27.7 Å². The fraction of sp³-hybridized carbons (Fsp3) is 0.0833. The molecule has 0 amide bonds. The number of hydrogen-bond acceptors (Lipinski definition) is 5. The average molecular weight is 467 g/mol. The lowest BCUT2D eigenvalue weighted by molar-refractivity contribution is 0.284. The van der Waals surface area contributed by atoms with Gasteiger partial charge in [0.1, 0.15) is 12.4 Å². The zero-order chi connectivity index (χ0) is 22.2. The third-order valence-electron chi connectivity index (χ3n) is 5.03. The van der Waals surface area contributed by atoms with E-state index in [1.54, 1.807) is 35.8 Å². The summed E-state index contributed by atoms with van der Waals surface area (Å²) < 4.78 is 26.7. The molecule has 5 rings (SSSR count). The maximum Gasteiger partial charge on any atom is 0.274 e. The molecule has 2 aromatic heterocycles. The van der Waals surface area contributed by atoms with Crippen molar-refractivity contribution in [2.24, 2.45) is 0 Å². The lowest BCUT2D eigenvalue weighted by Crippen LogP contribution is -2.22. The maximum atomic E-state index is 13.2. The van der Waals surface area contributed by atoms with Gasteiger partial charge in [-0.15, -0.1) is 0 Å². The summed E-state index contributed by atoms with van der Waals surface area (Å²) in [6.45, 7) is 0.165. The molecule has 8 heteroatoms. The molecule has 0 spiro atoms. The highest BCUT2D eigenvalue weighted by molar-refractivity contribution is 7.15. The van der Waals surface area contributed by atoms with E-state index in [2.05, 4.69) is 4.98 Å². The summed E-state index contributed by atoms with van der Waals surface area (Å²) in [7, 11) is 1.54. The van der Waals surface area contributed by atoms with Crippen LogP contribution in [0.25, 0.3) is 22.1 Å². The van der Waals surface area contributed by atoms with Gasteiger partial charge in [-0.1, -0.05) is 47.2 Å². The van der Waals surface area contributed by atoms with E-state index in [0.717, 1.165) is 16.6 Å². The molecule has 0 N–H and O–H groups in total. The van der Waals surface area contributed by atoms with Crippen LogP contribution in [0, 0.1) is 5.82 Å². The third kappa shape index (κ3) is 3.70. The van der Waals surface area contributed by atoms with Crippen LogP contribution in [0.15, 0.2) is 65.5 Å². The smallest absolute Gasteiger partial charge is 0.274 e. The Morgan fingerprint density at radius 3 is 2.78 bits per heavy atom. The fourth-order valence-electron chi connectivity index (χ4n) is 3.45. The number of halogens is 2. The molecule has 0 unspecified atom stereocenters. The number of hydrogen-bond donors (Lipinski definition) is 0. The van der Waals surface area contributed by atoms with Gasteiger partial charge in [0, 0.05) is 5.56 Å². The Labute approximate surface area is 190 Å². The Morgan fingerprint density at radius 1 is 1.12 bits per heavy atom. The molecular formula is C24H16ClFN2O3S. The number of aromatic nitrogens is 2. The number of rotatable bonds is 5. The predicted octanol–water partition coefficient (Wildman–Crippen LogP) is 4.84. The molecule has 0 saturated carbocycles. The molecule has 160 valence electrons. The molecule has 0 aliphatic carbocycles. The standard InChI is InChI=1S/C24H16ClFN2O3S/c1-30-21-10-14(6-9-20(21)31-13-15-7-8-16(26)12-17(15)25)11-22-23(29)28-19-5-3-2-4-18(19)27-24(28)32-22/h2-12H,13H2,1H3. The van der Waals surface area contributed by atoms with E-state index in [4.69, 9.17) is 21.1 Å². The van der Waals surface area contributed by atoms with E-state index < -0.39 is 5.82 Å². The summed E-state index contributed by atoms with van der Waals surface area (Å²) in [4.78, 5) is 18.1. The number of para-hydroxylation sites is 2. The van der Waals surface area contributed by atoms with Crippen LogP contribution in [0.5, 0.6) is 11.5 Å². The highest BCUT2D eigenvalue weighted by Crippen LogP contribution is 2.30. The van der Waals surface area contributed by atoms with Crippen LogP contribution in [0.1, 0.15) is 11.1 Å². The fourth-order valence-corrected chi connectivity index (χ4v) is 4.66. The molecule has 2 heterocycles. The van der Waals surface area contributed by atoms with Gasteiger partial charge >= 0.3 is 0 Å². The molecule has 0 aliphatic rings. The summed E-state index contributed by atoms with van der Waals surface area (Å²) >= 11 is 7.41. The first kappa shape index (κ1) is 20.5. The van der Waals surface area contributed by atoms with E-state index >= 15 is 0 Å². The quantitative estimate of drug-likeness (QED) is 0.372. The lowest BCUT2D eigenvalue weighted by atomic mass is 10.2. The van der Waals surface area contributed by atoms with Gasteiger partial charge in [0.15, 0.2) is 16.5 Å². The van der Waals surface area contributed by atoms with Gasteiger partial charge < -0.3 is 9.47 Å². The minimum atomic E-state index is -0.400. The van der Waals surface area contributed by atoms with Gasteiger partial charge in [-0.25, -0.2) is 13.8 Å². The van der Waals surface area contributed by atoms with E-state index in [9.17, 15) is 9.18 Å². The van der Waals surface area contributed by atoms with Crippen molar-refractivity contribution in [3.05, 3.63) is 97.5 Å². The van der Waals surface area contributed by atoms with E-state index in [1.165, 1.54) is 23.5 Å². The number of ether oxygens (including phenoxy) is 2. The molecule has 0 fully saturated rings. The summed E-state index contributed by atoms with van der Waals surface area (Å²) in [6.07, 6.45) is 1.81. The van der Waals surface area contributed by atoms with Crippen LogP contribution >= 0.6 is 22.9 Å². The second-order valence-electron chi connectivity index (χ2n) is 7.07. The van der Waals surface area contributed by atoms with Crippen molar-refractivity contribution < 1.29 is 13.9 Å². The van der Waals surface area contributed by atoms with E-state index in [0.29, 0.717) is 31.6 Å². The van der Waals surface area contributed by atoms with Crippen LogP contribution in [-0.4, -0.2) is 16.5 Å². The molecule has 5 aromatic rings. The van der Waals surface area contributed by atoms with E-state index in [-0.39, 0.29) is 12.2 Å². The Kier molecular flexibility index (Phi) is 5.28. The summed E-state index contributed by atoms with van der Waals surface area (Å²) in [5, 5.41) is 0.298. The first-order chi connectivity index (χ1) is 15.5. The largest absolute Gasteiger partial charge is 0.493 e. The normalized spacial score (nSPS) is 12.0. The Bertz CT molecular complexity index is 1580. The minimum Gasteiger partial charge on any atom is -0.493 e. The van der Waals surface area contributed by atoms with Crippen LogP contribution < -0.4 is 19.6 Å². The molecule has 5 nitrogen and oxygen atoms in total. The number of nitrogens with zero attached hydrogens (tertiary/aromatic N) is 2. The molecule has 0 aliphatic heterocycles. The highest BCUT2D eigenvalue weighted by Gasteiger charge is 2.12. The molecule has 0 radical (unpaired) electrons. The number of methoxy groups -OCH3 is 1. The Balaban J connectivity index is 1.46. The van der Waals surface area contributed by atoms with Gasteiger partial charge in [-0.05, 0) is 48.0 Å². The summed E-state index contributed by atoms with van der Waals surface area (Å²) in [5.74, 6) is 0.624. The highest BCUT2D eigenvalue weighted by atomic mass is 35.5. The van der Waals surface area contributed by atoms with Crippen molar-refractivity contribution in [2.45, 2.75) is 6.61 Å². The maximum absolute atomic E-state index is 13.2. The summed E-state index contributed by atoms with van der Waals surface area (Å²) in [5.41, 5.74) is 2.94. The number of thiazole rings is 1. The van der Waals surface area contributed by atoms with Gasteiger partial charge in [-0.2, -0.15) is 0 Å². The third-order valence-corrected chi connectivity index (χ3v) is 6.35. The first-order valence-electron chi connectivity index (χ1n) is 9.70. The van der Waals surface area contributed by atoms with Crippen molar-refractivity contribution in [3.8, 4) is 11.5 Å². The topological polar surface area (TPSA) is 52.8 Å². The second kappa shape index (κ2) is 8.26. The van der Waals surface area contributed by atoms with Crippen LogP contribution in [0.3, 0.4) is 0 Å². The Hall–Kier alpha value is -3.42. The van der Waals surface area contributed by atoms with Crippen molar-refractivity contribution in [3.63, 3.8) is 0 Å². The van der Waals surface area contributed by atoms with Crippen molar-refractivity contribution in [1.82, 2.24) is 9.38 Å². The summed E-state index contributed by atoms with van der Waals surface area (Å²) in [6, 6.07) is 17.1. The molecule has 0 bridgehead atoms. The van der Waals surface area contributed by atoms with E-state index in [1.807, 2.05) is 30.3 Å². The zero-order valence-electron chi connectivity index (χ0n) is 16.8. The number of fused-ring (bicyclic) bond motifs is 3. The number of benzene rings is 3. The van der Waals surface area contributed by atoms with Gasteiger partial charge in [0.2, 0.25) is 0 Å².